The molecule has 2 N–H and O–H groups in total. The quantitative estimate of drug-likeness (QED) is 0.474. The Balaban J connectivity index is 1.77. The first kappa shape index (κ1) is 30.2. The normalized spacial score (nSPS) is 24.8. The predicted octanol–water partition coefficient (Wildman–Crippen LogP) is 4.09. The number of hydrogen-bond donors (Lipinski definition) is 2. The lowest BCUT2D eigenvalue weighted by molar-refractivity contribution is -0.137. The molecular formula is C26H39F3N4O4S. The van der Waals surface area contributed by atoms with Gasteiger partial charge in [-0.1, -0.05) is 13.3 Å². The van der Waals surface area contributed by atoms with Crippen molar-refractivity contribution < 1.29 is 31.2 Å². The number of nitrogens with one attached hydrogen (secondary N) is 2. The molecule has 12 heteroatoms. The summed E-state index contributed by atoms with van der Waals surface area (Å²) in [5.41, 5.74) is -1.86. The fraction of sp³-hybridized carbons (Fsp3) is 0.692. The summed E-state index contributed by atoms with van der Waals surface area (Å²) in [6.45, 7) is 6.91. The third kappa shape index (κ3) is 7.19. The second-order valence-electron chi connectivity index (χ2n) is 10.8. The Labute approximate surface area is 223 Å². The highest BCUT2D eigenvalue weighted by atomic mass is 32.2. The maximum absolute atomic E-state index is 13.4. The molecule has 0 unspecified atom stereocenters. The molecule has 1 aliphatic carbocycles. The lowest BCUT2D eigenvalue weighted by Crippen LogP contribution is -2.51. The van der Waals surface area contributed by atoms with Crippen molar-refractivity contribution in [1.29, 1.82) is 0 Å². The summed E-state index contributed by atoms with van der Waals surface area (Å²) in [4.78, 5) is 30.7. The van der Waals surface area contributed by atoms with E-state index in [4.69, 9.17) is 0 Å². The number of rotatable bonds is 9. The van der Waals surface area contributed by atoms with Crippen molar-refractivity contribution in [2.75, 3.05) is 24.6 Å². The Morgan fingerprint density at radius 3 is 2.47 bits per heavy atom. The molecule has 0 aromatic heterocycles. The molecule has 2 aliphatic rings. The van der Waals surface area contributed by atoms with E-state index in [1.54, 1.807) is 0 Å². The van der Waals surface area contributed by atoms with Gasteiger partial charge in [0.1, 0.15) is 6.04 Å². The van der Waals surface area contributed by atoms with Gasteiger partial charge in [-0.15, -0.1) is 0 Å². The number of carbonyl (C=O) groups is 2. The van der Waals surface area contributed by atoms with Crippen molar-refractivity contribution >= 4 is 27.5 Å². The number of sulfonamides is 1. The number of anilines is 1. The number of nitrogens with zero attached hydrogens (tertiary/aromatic N) is 2. The van der Waals surface area contributed by atoms with Gasteiger partial charge >= 0.3 is 6.18 Å². The molecule has 2 fully saturated rings. The smallest absolute Gasteiger partial charge is 0.340 e. The van der Waals surface area contributed by atoms with Crippen LogP contribution in [0.5, 0.6) is 0 Å². The fourth-order valence-electron chi connectivity index (χ4n) is 5.70. The minimum absolute atomic E-state index is 0.0529. The number of benzene rings is 1. The molecule has 1 saturated carbocycles. The average molecular weight is 561 g/mol. The summed E-state index contributed by atoms with van der Waals surface area (Å²) in [6.07, 6.45) is 1.23. The van der Waals surface area contributed by atoms with Gasteiger partial charge in [0.15, 0.2) is 0 Å². The third-order valence-corrected chi connectivity index (χ3v) is 8.39. The Kier molecular flexibility index (Phi) is 9.39. The van der Waals surface area contributed by atoms with Crippen molar-refractivity contribution in [1.82, 2.24) is 15.1 Å². The molecule has 214 valence electrons. The summed E-state index contributed by atoms with van der Waals surface area (Å²) in [7, 11) is -1.73. The van der Waals surface area contributed by atoms with Crippen molar-refractivity contribution in [3.63, 3.8) is 0 Å². The SMILES string of the molecule is CCC[C@H]1C[C@H](N(C)C(C)C)CC[C@@H]1N1CC[C@H](NC(=O)c2cc(C(F)(F)F)ccc2NS(C)(=O)=O)C1=O. The van der Waals surface area contributed by atoms with Crippen molar-refractivity contribution in [3.8, 4) is 0 Å². The molecule has 1 aliphatic heterocycles. The summed E-state index contributed by atoms with van der Waals surface area (Å²) in [5, 5.41) is 2.57. The van der Waals surface area contributed by atoms with Crippen LogP contribution >= 0.6 is 0 Å². The van der Waals surface area contributed by atoms with E-state index in [2.05, 4.69) is 42.8 Å². The molecule has 1 aromatic carbocycles. The molecule has 1 aromatic rings. The van der Waals surface area contributed by atoms with E-state index in [9.17, 15) is 31.2 Å². The molecule has 8 nitrogen and oxygen atoms in total. The van der Waals surface area contributed by atoms with Crippen LogP contribution in [-0.2, 0) is 21.0 Å². The minimum Gasteiger partial charge on any atom is -0.340 e. The number of halogens is 3. The molecule has 2 amide bonds. The highest BCUT2D eigenvalue weighted by molar-refractivity contribution is 7.92. The molecule has 38 heavy (non-hydrogen) atoms. The first-order valence-corrected chi connectivity index (χ1v) is 15.0. The van der Waals surface area contributed by atoms with E-state index in [0.29, 0.717) is 43.1 Å². The van der Waals surface area contributed by atoms with E-state index in [1.165, 1.54) is 0 Å². The zero-order chi connectivity index (χ0) is 28.4. The number of amides is 2. The highest BCUT2D eigenvalue weighted by Crippen LogP contribution is 2.37. The zero-order valence-electron chi connectivity index (χ0n) is 22.6. The molecule has 1 saturated heterocycles. The second-order valence-corrected chi connectivity index (χ2v) is 12.6. The summed E-state index contributed by atoms with van der Waals surface area (Å²) < 4.78 is 65.5. The maximum Gasteiger partial charge on any atom is 0.416 e. The average Bonchev–Trinajstić information content (AvgIpc) is 3.16. The lowest BCUT2D eigenvalue weighted by atomic mass is 9.77. The van der Waals surface area contributed by atoms with Crippen LogP contribution in [0.4, 0.5) is 18.9 Å². The Morgan fingerprint density at radius 1 is 1.21 bits per heavy atom. The van der Waals surface area contributed by atoms with Crippen LogP contribution in [0.3, 0.4) is 0 Å². The second kappa shape index (κ2) is 11.8. The number of hydrogen-bond acceptors (Lipinski definition) is 5. The van der Waals surface area contributed by atoms with E-state index in [1.807, 2.05) is 4.90 Å². The van der Waals surface area contributed by atoms with Gasteiger partial charge < -0.3 is 15.1 Å². The van der Waals surface area contributed by atoms with Gasteiger partial charge in [0, 0.05) is 24.7 Å². The monoisotopic (exact) mass is 560 g/mol. The zero-order valence-corrected chi connectivity index (χ0v) is 23.5. The Bertz CT molecular complexity index is 1130. The van der Waals surface area contributed by atoms with Crippen LogP contribution < -0.4 is 10.0 Å². The van der Waals surface area contributed by atoms with Crippen LogP contribution in [0.2, 0.25) is 0 Å². The van der Waals surface area contributed by atoms with E-state index in [-0.39, 0.29) is 17.6 Å². The van der Waals surface area contributed by atoms with Gasteiger partial charge in [0.05, 0.1) is 23.1 Å². The number of alkyl halides is 3. The Hall–Kier alpha value is -2.34. The summed E-state index contributed by atoms with van der Waals surface area (Å²) in [5.74, 6) is -0.855. The minimum atomic E-state index is -4.73. The first-order chi connectivity index (χ1) is 17.6. The number of likely N-dealkylation sites (tertiary alicyclic amines) is 1. The van der Waals surface area contributed by atoms with Crippen LogP contribution in [-0.4, -0.2) is 74.0 Å². The van der Waals surface area contributed by atoms with Crippen LogP contribution in [0, 0.1) is 5.92 Å². The van der Waals surface area contributed by atoms with Gasteiger partial charge in [0.25, 0.3) is 5.91 Å². The standard InChI is InChI=1S/C26H39F3N4O4S/c1-6-7-17-14-19(32(4)16(2)3)9-11-23(17)33-13-12-22(25(33)35)30-24(34)20-15-18(26(27,28)29)8-10-21(20)31-38(5,36)37/h8,10,15-17,19,22-23,31H,6-7,9,11-14H2,1-5H3,(H,30,34)/t17-,19+,22-,23-/m0/s1. The highest BCUT2D eigenvalue weighted by Gasteiger charge is 2.43. The molecule has 4 atom stereocenters. The molecule has 3 rings (SSSR count). The topological polar surface area (TPSA) is 98.8 Å². The van der Waals surface area contributed by atoms with E-state index in [0.717, 1.165) is 44.4 Å². The predicted molar refractivity (Wildman–Crippen MR) is 140 cm³/mol. The molecule has 0 bridgehead atoms. The van der Waals surface area contributed by atoms with Gasteiger partial charge in [-0.3, -0.25) is 14.3 Å². The summed E-state index contributed by atoms with van der Waals surface area (Å²) in [6, 6.07) is 2.24. The van der Waals surface area contributed by atoms with Crippen molar-refractivity contribution in [3.05, 3.63) is 29.3 Å². The first-order valence-electron chi connectivity index (χ1n) is 13.1. The van der Waals surface area contributed by atoms with Crippen LogP contribution in [0.15, 0.2) is 18.2 Å². The van der Waals surface area contributed by atoms with Crippen molar-refractivity contribution in [2.24, 2.45) is 5.92 Å². The van der Waals surface area contributed by atoms with Gasteiger partial charge in [-0.2, -0.15) is 13.2 Å². The van der Waals surface area contributed by atoms with E-state index < -0.39 is 39.3 Å². The van der Waals surface area contributed by atoms with Gasteiger partial charge in [0.2, 0.25) is 15.9 Å². The lowest BCUT2D eigenvalue weighted by Gasteiger charge is -2.44. The molecule has 1 heterocycles. The van der Waals surface area contributed by atoms with E-state index >= 15 is 0 Å². The largest absolute Gasteiger partial charge is 0.416 e. The third-order valence-electron chi connectivity index (χ3n) is 7.80. The maximum atomic E-state index is 13.4. The molecular weight excluding hydrogens is 521 g/mol. The van der Waals surface area contributed by atoms with Gasteiger partial charge in [-0.05, 0) is 77.1 Å². The molecule has 0 spiro atoms. The van der Waals surface area contributed by atoms with Crippen molar-refractivity contribution in [2.45, 2.75) is 89.6 Å². The summed E-state index contributed by atoms with van der Waals surface area (Å²) >= 11 is 0. The molecule has 0 radical (unpaired) electrons. The fourth-order valence-corrected chi connectivity index (χ4v) is 6.28. The Morgan fingerprint density at radius 2 is 1.89 bits per heavy atom. The number of carbonyl (C=O) groups excluding carboxylic acids is 2. The van der Waals surface area contributed by atoms with Crippen LogP contribution in [0.1, 0.15) is 75.2 Å². The van der Waals surface area contributed by atoms with Gasteiger partial charge in [-0.25, -0.2) is 8.42 Å². The van der Waals surface area contributed by atoms with Crippen LogP contribution in [0.25, 0.3) is 0 Å².